The minimum atomic E-state index is -0.242. The van der Waals surface area contributed by atoms with E-state index in [-0.39, 0.29) is 11.7 Å². The first-order valence-corrected chi connectivity index (χ1v) is 7.01. The van der Waals surface area contributed by atoms with Crippen LogP contribution >= 0.6 is 15.9 Å². The Bertz CT molecular complexity index is 463. The maximum atomic E-state index is 13.4. The SMILES string of the molecule is CC(CCC(N)=O)C1CC1c1ccc(Br)c(F)c1. The van der Waals surface area contributed by atoms with Gasteiger partial charge in [0.1, 0.15) is 5.82 Å². The molecule has 1 aliphatic carbocycles. The van der Waals surface area contributed by atoms with Crippen LogP contribution in [0, 0.1) is 17.7 Å². The smallest absolute Gasteiger partial charge is 0.217 e. The minimum absolute atomic E-state index is 0.206. The number of carbonyl (C=O) groups excluding carboxylic acids is 1. The van der Waals surface area contributed by atoms with E-state index in [1.807, 2.05) is 6.07 Å². The maximum absolute atomic E-state index is 13.4. The second kappa shape index (κ2) is 5.39. The third-order valence-electron chi connectivity index (χ3n) is 3.79. The summed E-state index contributed by atoms with van der Waals surface area (Å²) in [6.45, 7) is 2.14. The van der Waals surface area contributed by atoms with Crippen LogP contribution < -0.4 is 5.73 Å². The van der Waals surface area contributed by atoms with Crippen molar-refractivity contribution in [1.82, 2.24) is 0 Å². The Balaban J connectivity index is 1.93. The van der Waals surface area contributed by atoms with Gasteiger partial charge in [-0.3, -0.25) is 4.79 Å². The van der Waals surface area contributed by atoms with E-state index in [0.29, 0.717) is 28.6 Å². The van der Waals surface area contributed by atoms with Gasteiger partial charge in [-0.2, -0.15) is 0 Å². The van der Waals surface area contributed by atoms with Crippen LogP contribution in [0.5, 0.6) is 0 Å². The molecule has 0 saturated heterocycles. The Labute approximate surface area is 115 Å². The van der Waals surface area contributed by atoms with Crippen LogP contribution in [0.2, 0.25) is 0 Å². The quantitative estimate of drug-likeness (QED) is 0.887. The molecule has 1 aromatic rings. The average molecular weight is 314 g/mol. The zero-order chi connectivity index (χ0) is 13.3. The van der Waals surface area contributed by atoms with Gasteiger partial charge in [0, 0.05) is 6.42 Å². The van der Waals surface area contributed by atoms with Crippen LogP contribution in [0.4, 0.5) is 4.39 Å². The van der Waals surface area contributed by atoms with Crippen molar-refractivity contribution in [2.45, 2.75) is 32.1 Å². The van der Waals surface area contributed by atoms with E-state index in [2.05, 4.69) is 22.9 Å². The van der Waals surface area contributed by atoms with Crippen molar-refractivity contribution >= 4 is 21.8 Å². The van der Waals surface area contributed by atoms with E-state index in [4.69, 9.17) is 5.73 Å². The van der Waals surface area contributed by atoms with E-state index in [9.17, 15) is 9.18 Å². The fraction of sp³-hybridized carbons (Fsp3) is 0.500. The Morgan fingerprint density at radius 3 is 2.94 bits per heavy atom. The molecule has 4 heteroatoms. The molecule has 1 amide bonds. The molecule has 1 aromatic carbocycles. The van der Waals surface area contributed by atoms with Gasteiger partial charge in [0.2, 0.25) is 5.91 Å². The second-order valence-corrected chi connectivity index (χ2v) is 6.02. The van der Waals surface area contributed by atoms with E-state index in [0.717, 1.165) is 18.4 Å². The first-order chi connectivity index (χ1) is 8.49. The highest BCUT2D eigenvalue weighted by atomic mass is 79.9. The van der Waals surface area contributed by atoms with Crippen LogP contribution in [0.3, 0.4) is 0 Å². The number of benzene rings is 1. The van der Waals surface area contributed by atoms with Crippen LogP contribution in [0.1, 0.15) is 37.7 Å². The lowest BCUT2D eigenvalue weighted by Crippen LogP contribution is -2.12. The Morgan fingerprint density at radius 1 is 1.61 bits per heavy atom. The van der Waals surface area contributed by atoms with Gasteiger partial charge in [-0.1, -0.05) is 13.0 Å². The zero-order valence-electron chi connectivity index (χ0n) is 10.3. The van der Waals surface area contributed by atoms with Crippen molar-refractivity contribution in [3.63, 3.8) is 0 Å². The summed E-state index contributed by atoms with van der Waals surface area (Å²) in [7, 11) is 0. The third-order valence-corrected chi connectivity index (χ3v) is 4.43. The summed E-state index contributed by atoms with van der Waals surface area (Å²) in [5, 5.41) is 0. The number of hydrogen-bond acceptors (Lipinski definition) is 1. The lowest BCUT2D eigenvalue weighted by molar-refractivity contribution is -0.118. The first-order valence-electron chi connectivity index (χ1n) is 6.22. The molecule has 1 fully saturated rings. The van der Waals surface area contributed by atoms with Gasteiger partial charge in [-0.05, 0) is 64.2 Å². The minimum Gasteiger partial charge on any atom is -0.370 e. The summed E-state index contributed by atoms with van der Waals surface area (Å²) in [6.07, 6.45) is 2.36. The van der Waals surface area contributed by atoms with Gasteiger partial charge in [-0.15, -0.1) is 0 Å². The number of nitrogens with two attached hydrogens (primary N) is 1. The van der Waals surface area contributed by atoms with E-state index >= 15 is 0 Å². The molecule has 0 bridgehead atoms. The average Bonchev–Trinajstić information content (AvgIpc) is 3.09. The summed E-state index contributed by atoms with van der Waals surface area (Å²) in [4.78, 5) is 10.7. The largest absolute Gasteiger partial charge is 0.370 e. The molecular formula is C14H17BrFNO. The normalized spacial score (nSPS) is 23.7. The molecule has 0 spiro atoms. The number of amides is 1. The number of rotatable bonds is 5. The molecular weight excluding hydrogens is 297 g/mol. The highest BCUT2D eigenvalue weighted by molar-refractivity contribution is 9.10. The highest BCUT2D eigenvalue weighted by Gasteiger charge is 2.41. The van der Waals surface area contributed by atoms with Gasteiger partial charge >= 0.3 is 0 Å². The molecule has 0 radical (unpaired) electrons. The van der Waals surface area contributed by atoms with Crippen molar-refractivity contribution in [1.29, 1.82) is 0 Å². The molecule has 1 saturated carbocycles. The molecule has 98 valence electrons. The molecule has 1 aliphatic rings. The summed E-state index contributed by atoms with van der Waals surface area (Å²) >= 11 is 3.16. The Hall–Kier alpha value is -0.900. The molecule has 0 aromatic heterocycles. The highest BCUT2D eigenvalue weighted by Crippen LogP contribution is 2.53. The first kappa shape index (κ1) is 13.5. The molecule has 3 unspecified atom stereocenters. The summed E-state index contributed by atoms with van der Waals surface area (Å²) in [5.74, 6) is 1.02. The fourth-order valence-corrected chi connectivity index (χ4v) is 2.80. The van der Waals surface area contributed by atoms with Gasteiger partial charge in [0.25, 0.3) is 0 Å². The van der Waals surface area contributed by atoms with E-state index in [1.54, 1.807) is 12.1 Å². The second-order valence-electron chi connectivity index (χ2n) is 5.16. The predicted octanol–water partition coefficient (Wildman–Crippen LogP) is 3.59. The van der Waals surface area contributed by atoms with Crippen LogP contribution in [0.15, 0.2) is 22.7 Å². The van der Waals surface area contributed by atoms with E-state index < -0.39 is 0 Å². The molecule has 0 aliphatic heterocycles. The standard InChI is InChI=1S/C14H17BrFNO/c1-8(2-5-14(17)18)10-7-11(10)9-3-4-12(15)13(16)6-9/h3-4,6,8,10-11H,2,5,7H2,1H3,(H2,17,18). The van der Waals surface area contributed by atoms with Gasteiger partial charge in [0.15, 0.2) is 0 Å². The molecule has 18 heavy (non-hydrogen) atoms. The summed E-state index contributed by atoms with van der Waals surface area (Å²) < 4.78 is 13.9. The monoisotopic (exact) mass is 313 g/mol. The molecule has 2 nitrogen and oxygen atoms in total. The van der Waals surface area contributed by atoms with Crippen LogP contribution in [0.25, 0.3) is 0 Å². The molecule has 3 atom stereocenters. The molecule has 0 heterocycles. The lowest BCUT2D eigenvalue weighted by atomic mass is 9.96. The fourth-order valence-electron chi connectivity index (χ4n) is 2.55. The van der Waals surface area contributed by atoms with Crippen molar-refractivity contribution in [2.75, 3.05) is 0 Å². The zero-order valence-corrected chi connectivity index (χ0v) is 11.9. The van der Waals surface area contributed by atoms with Crippen LogP contribution in [-0.2, 0) is 4.79 Å². The van der Waals surface area contributed by atoms with Gasteiger partial charge in [-0.25, -0.2) is 4.39 Å². The number of primary amides is 1. The van der Waals surface area contributed by atoms with Gasteiger partial charge in [0.05, 0.1) is 4.47 Å². The maximum Gasteiger partial charge on any atom is 0.217 e. The molecule has 2 rings (SSSR count). The molecule has 2 N–H and O–H groups in total. The van der Waals surface area contributed by atoms with Gasteiger partial charge < -0.3 is 5.73 Å². The topological polar surface area (TPSA) is 43.1 Å². The van der Waals surface area contributed by atoms with Crippen molar-refractivity contribution in [3.8, 4) is 0 Å². The number of carbonyl (C=O) groups is 1. The Kier molecular flexibility index (Phi) is 4.05. The van der Waals surface area contributed by atoms with Crippen molar-refractivity contribution in [3.05, 3.63) is 34.1 Å². The third kappa shape index (κ3) is 3.10. The number of halogens is 2. The Morgan fingerprint density at radius 2 is 2.33 bits per heavy atom. The predicted molar refractivity (Wildman–Crippen MR) is 72.5 cm³/mol. The van der Waals surface area contributed by atoms with Crippen molar-refractivity contribution < 1.29 is 9.18 Å². The van der Waals surface area contributed by atoms with Crippen LogP contribution in [-0.4, -0.2) is 5.91 Å². The number of hydrogen-bond donors (Lipinski definition) is 1. The summed E-state index contributed by atoms with van der Waals surface area (Å²) in [6, 6.07) is 5.34. The van der Waals surface area contributed by atoms with E-state index in [1.165, 1.54) is 0 Å². The lowest BCUT2D eigenvalue weighted by Gasteiger charge is -2.10. The van der Waals surface area contributed by atoms with Crippen molar-refractivity contribution in [2.24, 2.45) is 17.6 Å². The summed E-state index contributed by atoms with van der Waals surface area (Å²) in [5.41, 5.74) is 6.21.